The van der Waals surface area contributed by atoms with Gasteiger partial charge in [-0.05, 0) is 70.9 Å². The monoisotopic (exact) mass is 770 g/mol. The van der Waals surface area contributed by atoms with Gasteiger partial charge < -0.3 is 23.5 Å². The molecule has 0 bridgehead atoms. The van der Waals surface area contributed by atoms with E-state index in [1.807, 2.05) is 31.2 Å². The molecule has 52 heavy (non-hydrogen) atoms. The van der Waals surface area contributed by atoms with E-state index >= 15 is 0 Å². The lowest BCUT2D eigenvalue weighted by atomic mass is 9.85. The molecule has 286 valence electrons. The second-order valence-electron chi connectivity index (χ2n) is 15.3. The van der Waals surface area contributed by atoms with Crippen molar-refractivity contribution in [3.8, 4) is 5.75 Å². The van der Waals surface area contributed by atoms with E-state index in [1.54, 1.807) is 23.5 Å². The Labute approximate surface area is 318 Å². The van der Waals surface area contributed by atoms with Crippen LogP contribution in [0.3, 0.4) is 0 Å². The summed E-state index contributed by atoms with van der Waals surface area (Å²) in [5.74, 6) is 1.08. The van der Waals surface area contributed by atoms with Crippen LogP contribution < -0.4 is 9.64 Å². The fraction of sp³-hybridized carbons (Fsp3) is 0.561. The Balaban J connectivity index is 1.56. The largest absolute Gasteiger partial charge is 0.490 e. The average molecular weight is 772 g/mol. The Morgan fingerprint density at radius 2 is 1.52 bits per heavy atom. The molecule has 0 spiro atoms. The minimum absolute atomic E-state index is 0.203. The molecule has 0 amide bonds. The third-order valence-corrected chi connectivity index (χ3v) is 19.3. The standard InChI is InChI=1S/C41H59ClN2O6SSi/c1-29(2)52(30(3)4,31(5)6)50-40-27-44(51(45,46)36-17-10-32(7)11-18-36)26-39(41(40)35-15-12-33(25-42)13-16-35)49-28-34-14-19-38-37(24-34)43(21-23-48-38)20-9-22-47-8/h10-19,24,29-31,39-41H,9,20-23,25-28H2,1-8H3/t39-,40+,41+/m0/s1. The molecule has 0 unspecified atom stereocenters. The number of nitrogens with zero attached hydrogens (tertiary/aromatic N) is 2. The first-order chi connectivity index (χ1) is 24.8. The number of halogens is 1. The quantitative estimate of drug-likeness (QED) is 0.0818. The van der Waals surface area contributed by atoms with Crippen LogP contribution in [0.4, 0.5) is 5.69 Å². The van der Waals surface area contributed by atoms with Crippen LogP contribution in [-0.4, -0.2) is 79.8 Å². The van der Waals surface area contributed by atoms with Gasteiger partial charge in [0.1, 0.15) is 12.4 Å². The van der Waals surface area contributed by atoms with Gasteiger partial charge in [0.25, 0.3) is 0 Å². The van der Waals surface area contributed by atoms with E-state index in [2.05, 4.69) is 76.8 Å². The zero-order valence-corrected chi connectivity index (χ0v) is 34.9. The van der Waals surface area contributed by atoms with Gasteiger partial charge in [-0.1, -0.05) is 89.6 Å². The van der Waals surface area contributed by atoms with E-state index < -0.39 is 30.5 Å². The average Bonchev–Trinajstić information content (AvgIpc) is 3.12. The van der Waals surface area contributed by atoms with Crippen LogP contribution in [0.25, 0.3) is 0 Å². The van der Waals surface area contributed by atoms with Crippen LogP contribution >= 0.6 is 11.6 Å². The van der Waals surface area contributed by atoms with Crippen molar-refractivity contribution >= 4 is 35.6 Å². The van der Waals surface area contributed by atoms with E-state index in [4.69, 9.17) is 30.2 Å². The molecule has 5 rings (SSSR count). The summed E-state index contributed by atoms with van der Waals surface area (Å²) in [5.41, 5.74) is 6.11. The van der Waals surface area contributed by atoms with E-state index in [0.717, 1.165) is 53.2 Å². The third-order valence-electron chi connectivity index (χ3n) is 11.0. The zero-order valence-electron chi connectivity index (χ0n) is 32.3. The lowest BCUT2D eigenvalue weighted by molar-refractivity contribution is -0.0504. The second-order valence-corrected chi connectivity index (χ2v) is 23.0. The zero-order chi connectivity index (χ0) is 37.6. The van der Waals surface area contributed by atoms with Crippen molar-refractivity contribution < 1.29 is 27.1 Å². The Bertz CT molecular complexity index is 1680. The fourth-order valence-corrected chi connectivity index (χ4v) is 15.6. The molecule has 3 aromatic carbocycles. The lowest BCUT2D eigenvalue weighted by Crippen LogP contribution is -2.59. The van der Waals surface area contributed by atoms with Gasteiger partial charge in [-0.2, -0.15) is 4.31 Å². The normalized spacial score (nSPS) is 20.1. The van der Waals surface area contributed by atoms with Crippen LogP contribution in [0, 0.1) is 6.92 Å². The highest BCUT2D eigenvalue weighted by atomic mass is 35.5. The van der Waals surface area contributed by atoms with E-state index in [-0.39, 0.29) is 23.9 Å². The van der Waals surface area contributed by atoms with Crippen molar-refractivity contribution in [1.82, 2.24) is 4.31 Å². The van der Waals surface area contributed by atoms with Gasteiger partial charge >= 0.3 is 0 Å². The summed E-state index contributed by atoms with van der Waals surface area (Å²) in [6.07, 6.45) is 0.0146. The topological polar surface area (TPSA) is 77.5 Å². The molecule has 0 aliphatic carbocycles. The smallest absolute Gasteiger partial charge is 0.243 e. The molecule has 0 N–H and O–H groups in total. The summed E-state index contributed by atoms with van der Waals surface area (Å²) < 4.78 is 56.4. The number of ether oxygens (including phenoxy) is 3. The number of hydrogen-bond acceptors (Lipinski definition) is 7. The predicted molar refractivity (Wildman–Crippen MR) is 214 cm³/mol. The van der Waals surface area contributed by atoms with Crippen molar-refractivity contribution in [2.75, 3.05) is 51.4 Å². The Kier molecular flexibility index (Phi) is 13.9. The van der Waals surface area contributed by atoms with Gasteiger partial charge in [0, 0.05) is 45.1 Å². The minimum atomic E-state index is -3.85. The number of sulfonamides is 1. The molecule has 3 atom stereocenters. The van der Waals surface area contributed by atoms with Gasteiger partial charge in [0.2, 0.25) is 18.3 Å². The molecular weight excluding hydrogens is 712 g/mol. The van der Waals surface area contributed by atoms with Gasteiger partial charge in [-0.3, -0.25) is 0 Å². The Hall–Kier alpha value is -2.44. The number of aryl methyl sites for hydroxylation is 1. The molecular formula is C41H59ClN2O6SSi. The first-order valence-electron chi connectivity index (χ1n) is 18.8. The third kappa shape index (κ3) is 8.91. The molecule has 1 saturated heterocycles. The number of hydrogen-bond donors (Lipinski definition) is 0. The maximum atomic E-state index is 14.4. The first kappa shape index (κ1) is 40.7. The van der Waals surface area contributed by atoms with Crippen molar-refractivity contribution in [3.63, 3.8) is 0 Å². The second kappa shape index (κ2) is 17.8. The summed E-state index contributed by atoms with van der Waals surface area (Å²) in [6.45, 7) is 19.4. The van der Waals surface area contributed by atoms with Gasteiger partial charge in [-0.15, -0.1) is 11.6 Å². The Morgan fingerprint density at radius 3 is 2.13 bits per heavy atom. The predicted octanol–water partition coefficient (Wildman–Crippen LogP) is 8.90. The number of benzene rings is 3. The number of anilines is 1. The first-order valence-corrected chi connectivity index (χ1v) is 22.9. The van der Waals surface area contributed by atoms with Crippen LogP contribution in [0.15, 0.2) is 71.6 Å². The van der Waals surface area contributed by atoms with Crippen LogP contribution in [0.2, 0.25) is 16.6 Å². The summed E-state index contributed by atoms with van der Waals surface area (Å²) in [4.78, 5) is 2.63. The van der Waals surface area contributed by atoms with Gasteiger partial charge in [0.15, 0.2) is 0 Å². The highest BCUT2D eigenvalue weighted by Crippen LogP contribution is 2.47. The number of alkyl halides is 1. The highest BCUT2D eigenvalue weighted by Gasteiger charge is 2.51. The number of methoxy groups -OCH3 is 1. The number of piperidine rings is 1. The molecule has 0 saturated carbocycles. The molecule has 1 fully saturated rings. The maximum absolute atomic E-state index is 14.4. The molecule has 2 aliphatic rings. The van der Waals surface area contributed by atoms with Crippen LogP contribution in [-0.2, 0) is 36.4 Å². The van der Waals surface area contributed by atoms with Crippen molar-refractivity contribution in [3.05, 3.63) is 89.0 Å². The number of fused-ring (bicyclic) bond motifs is 1. The molecule has 2 heterocycles. The molecule has 3 aromatic rings. The minimum Gasteiger partial charge on any atom is -0.490 e. The summed E-state index contributed by atoms with van der Waals surface area (Å²) in [5, 5.41) is 0. The summed E-state index contributed by atoms with van der Waals surface area (Å²) in [7, 11) is -4.59. The van der Waals surface area contributed by atoms with Crippen molar-refractivity contribution in [2.45, 2.75) is 107 Å². The number of rotatable bonds is 16. The maximum Gasteiger partial charge on any atom is 0.243 e. The lowest BCUT2D eigenvalue weighted by Gasteiger charge is -2.50. The van der Waals surface area contributed by atoms with Gasteiger partial charge in [-0.25, -0.2) is 8.42 Å². The van der Waals surface area contributed by atoms with Crippen LogP contribution in [0.1, 0.15) is 76.1 Å². The van der Waals surface area contributed by atoms with E-state index in [1.165, 1.54) is 0 Å². The fourth-order valence-electron chi connectivity index (χ4n) is 8.44. The summed E-state index contributed by atoms with van der Waals surface area (Å²) in [6, 6.07) is 21.7. The highest BCUT2D eigenvalue weighted by molar-refractivity contribution is 7.89. The molecule has 8 nitrogen and oxygen atoms in total. The van der Waals surface area contributed by atoms with Crippen LogP contribution in [0.5, 0.6) is 5.75 Å². The SMILES string of the molecule is COCCCN1CCOc2ccc(CO[C@H]3CN(S(=O)(=O)c4ccc(C)cc4)C[C@@H](O[Si](C(C)C)(C(C)C)C(C)C)[C@@H]3c3ccc(CCl)cc3)cc21. The van der Waals surface area contributed by atoms with Gasteiger partial charge in [0.05, 0.1) is 35.9 Å². The van der Waals surface area contributed by atoms with E-state index in [9.17, 15) is 8.42 Å². The molecule has 11 heteroatoms. The molecule has 0 radical (unpaired) electrons. The van der Waals surface area contributed by atoms with Crippen molar-refractivity contribution in [2.24, 2.45) is 0 Å². The summed E-state index contributed by atoms with van der Waals surface area (Å²) >= 11 is 6.23. The van der Waals surface area contributed by atoms with E-state index in [0.29, 0.717) is 42.3 Å². The van der Waals surface area contributed by atoms with Crippen molar-refractivity contribution in [1.29, 1.82) is 0 Å². The Morgan fingerprint density at radius 1 is 0.885 bits per heavy atom. The molecule has 0 aromatic heterocycles. The molecule has 2 aliphatic heterocycles.